The van der Waals surface area contributed by atoms with Gasteiger partial charge in [-0.25, -0.2) is 0 Å². The number of rotatable bonds is 0. The Morgan fingerprint density at radius 2 is 1.21 bits per heavy atom. The molecule has 0 fully saturated rings. The molecule has 90 valence electrons. The van der Waals surface area contributed by atoms with E-state index in [0.29, 0.717) is 0 Å². The second kappa shape index (κ2) is 4.20. The molecular formula is C18H11I. The van der Waals surface area contributed by atoms with Gasteiger partial charge in [0.1, 0.15) is 0 Å². The van der Waals surface area contributed by atoms with Gasteiger partial charge in [0, 0.05) is 3.57 Å². The van der Waals surface area contributed by atoms with Gasteiger partial charge in [-0.15, -0.1) is 0 Å². The molecule has 0 unspecified atom stereocenters. The highest BCUT2D eigenvalue weighted by Gasteiger charge is 2.07. The van der Waals surface area contributed by atoms with Crippen molar-refractivity contribution >= 4 is 54.9 Å². The molecule has 19 heavy (non-hydrogen) atoms. The van der Waals surface area contributed by atoms with Gasteiger partial charge in [-0.05, 0) is 61.0 Å². The Labute approximate surface area is 125 Å². The summed E-state index contributed by atoms with van der Waals surface area (Å²) in [6, 6.07) is 24.0. The minimum Gasteiger partial charge on any atom is -0.0616 e. The van der Waals surface area contributed by atoms with Crippen LogP contribution in [0.5, 0.6) is 0 Å². The maximum Gasteiger partial charge on any atom is 0.0287 e. The molecule has 0 heterocycles. The zero-order valence-electron chi connectivity index (χ0n) is 10.2. The molecule has 0 amide bonds. The predicted molar refractivity (Wildman–Crippen MR) is 91.7 cm³/mol. The molecule has 0 nitrogen and oxygen atoms in total. The molecule has 0 aliphatic carbocycles. The Kier molecular flexibility index (Phi) is 2.49. The standard InChI is InChI=1S/C18H11I/c19-18-15-8-4-2-6-13(15)11-17-14-7-3-1-5-12(14)9-10-16(17)18/h1-11H. The summed E-state index contributed by atoms with van der Waals surface area (Å²) in [6.07, 6.45) is 0. The number of fused-ring (bicyclic) bond motifs is 4. The van der Waals surface area contributed by atoms with E-state index in [2.05, 4.69) is 89.3 Å². The zero-order valence-corrected chi connectivity index (χ0v) is 12.4. The average molecular weight is 354 g/mol. The van der Waals surface area contributed by atoms with Crippen molar-refractivity contribution in [2.75, 3.05) is 0 Å². The maximum atomic E-state index is 2.47. The normalized spacial score (nSPS) is 11.4. The van der Waals surface area contributed by atoms with E-state index in [1.165, 1.54) is 35.9 Å². The quantitative estimate of drug-likeness (QED) is 0.214. The van der Waals surface area contributed by atoms with Crippen LogP contribution in [0, 0.1) is 3.57 Å². The van der Waals surface area contributed by atoms with Crippen molar-refractivity contribution in [3.8, 4) is 0 Å². The van der Waals surface area contributed by atoms with Gasteiger partial charge < -0.3 is 0 Å². The minimum atomic E-state index is 1.31. The van der Waals surface area contributed by atoms with Gasteiger partial charge >= 0.3 is 0 Å². The van der Waals surface area contributed by atoms with E-state index in [-0.39, 0.29) is 0 Å². The van der Waals surface area contributed by atoms with Crippen LogP contribution >= 0.6 is 22.6 Å². The smallest absolute Gasteiger partial charge is 0.0287 e. The van der Waals surface area contributed by atoms with Crippen molar-refractivity contribution in [1.82, 2.24) is 0 Å². The molecule has 4 rings (SSSR count). The molecule has 0 saturated carbocycles. The molecule has 4 aromatic carbocycles. The van der Waals surface area contributed by atoms with Crippen LogP contribution in [0.15, 0.2) is 66.7 Å². The Balaban J connectivity index is 2.32. The first-order chi connectivity index (χ1) is 9.34. The fourth-order valence-corrected chi connectivity index (χ4v) is 3.73. The van der Waals surface area contributed by atoms with Crippen molar-refractivity contribution in [2.24, 2.45) is 0 Å². The third-order valence-electron chi connectivity index (χ3n) is 3.70. The number of halogens is 1. The van der Waals surface area contributed by atoms with E-state index in [1.807, 2.05) is 0 Å². The van der Waals surface area contributed by atoms with Gasteiger partial charge in [0.2, 0.25) is 0 Å². The Bertz CT molecular complexity index is 922. The van der Waals surface area contributed by atoms with Crippen LogP contribution in [0.25, 0.3) is 32.3 Å². The van der Waals surface area contributed by atoms with Crippen LogP contribution in [0.4, 0.5) is 0 Å². The molecule has 0 aliphatic rings. The SMILES string of the molecule is Ic1c2ccccc2cc2c1ccc1ccccc12. The van der Waals surface area contributed by atoms with Crippen LogP contribution in [-0.4, -0.2) is 0 Å². The topological polar surface area (TPSA) is 0 Å². The summed E-state index contributed by atoms with van der Waals surface area (Å²) in [6.45, 7) is 0. The molecule has 1 heteroatoms. The molecule has 4 aromatic rings. The summed E-state index contributed by atoms with van der Waals surface area (Å²) in [4.78, 5) is 0. The van der Waals surface area contributed by atoms with E-state index in [0.717, 1.165) is 0 Å². The third kappa shape index (κ3) is 1.65. The summed E-state index contributed by atoms with van der Waals surface area (Å²) in [5.41, 5.74) is 0. The van der Waals surface area contributed by atoms with E-state index >= 15 is 0 Å². The van der Waals surface area contributed by atoms with E-state index in [1.54, 1.807) is 0 Å². The molecule has 0 bridgehead atoms. The summed E-state index contributed by atoms with van der Waals surface area (Å²) in [7, 11) is 0. The lowest BCUT2D eigenvalue weighted by Crippen LogP contribution is -1.84. The molecule has 0 aliphatic heterocycles. The molecular weight excluding hydrogens is 343 g/mol. The number of hydrogen-bond donors (Lipinski definition) is 0. The first kappa shape index (κ1) is 11.2. The van der Waals surface area contributed by atoms with Crippen LogP contribution in [-0.2, 0) is 0 Å². The average Bonchev–Trinajstić information content (AvgIpc) is 2.47. The second-order valence-electron chi connectivity index (χ2n) is 4.79. The van der Waals surface area contributed by atoms with Crippen molar-refractivity contribution in [2.45, 2.75) is 0 Å². The largest absolute Gasteiger partial charge is 0.0616 e. The Morgan fingerprint density at radius 1 is 0.526 bits per heavy atom. The molecule has 0 aromatic heterocycles. The minimum absolute atomic E-state index is 1.31. The molecule has 0 spiro atoms. The van der Waals surface area contributed by atoms with E-state index in [4.69, 9.17) is 0 Å². The van der Waals surface area contributed by atoms with E-state index < -0.39 is 0 Å². The lowest BCUT2D eigenvalue weighted by atomic mass is 9.98. The molecule has 0 N–H and O–H groups in total. The molecule has 0 atom stereocenters. The van der Waals surface area contributed by atoms with Crippen molar-refractivity contribution in [3.63, 3.8) is 0 Å². The highest BCUT2D eigenvalue weighted by molar-refractivity contribution is 14.1. The summed E-state index contributed by atoms with van der Waals surface area (Å²) in [5, 5.41) is 7.99. The van der Waals surface area contributed by atoms with E-state index in [9.17, 15) is 0 Å². The number of hydrogen-bond acceptors (Lipinski definition) is 0. The van der Waals surface area contributed by atoms with Gasteiger partial charge in [0.25, 0.3) is 0 Å². The summed E-state index contributed by atoms with van der Waals surface area (Å²) in [5.74, 6) is 0. The zero-order chi connectivity index (χ0) is 12.8. The highest BCUT2D eigenvalue weighted by atomic mass is 127. The monoisotopic (exact) mass is 354 g/mol. The van der Waals surface area contributed by atoms with Crippen molar-refractivity contribution in [1.29, 1.82) is 0 Å². The van der Waals surface area contributed by atoms with Crippen molar-refractivity contribution in [3.05, 3.63) is 70.3 Å². The van der Waals surface area contributed by atoms with Gasteiger partial charge in [-0.1, -0.05) is 60.7 Å². The van der Waals surface area contributed by atoms with Gasteiger partial charge in [-0.3, -0.25) is 0 Å². The fourth-order valence-electron chi connectivity index (χ4n) is 2.77. The highest BCUT2D eigenvalue weighted by Crippen LogP contribution is 2.33. The van der Waals surface area contributed by atoms with Crippen LogP contribution < -0.4 is 0 Å². The van der Waals surface area contributed by atoms with Crippen LogP contribution in [0.2, 0.25) is 0 Å². The van der Waals surface area contributed by atoms with Crippen LogP contribution in [0.3, 0.4) is 0 Å². The Hall–Kier alpha value is -1.61. The third-order valence-corrected chi connectivity index (χ3v) is 4.87. The molecule has 0 radical (unpaired) electrons. The van der Waals surface area contributed by atoms with Crippen molar-refractivity contribution < 1.29 is 0 Å². The first-order valence-corrected chi connectivity index (χ1v) is 7.41. The number of benzene rings is 4. The second-order valence-corrected chi connectivity index (χ2v) is 5.87. The Morgan fingerprint density at radius 3 is 2.05 bits per heavy atom. The van der Waals surface area contributed by atoms with Gasteiger partial charge in [0.05, 0.1) is 0 Å². The maximum absolute atomic E-state index is 2.47. The predicted octanol–water partition coefficient (Wildman–Crippen LogP) is 5.75. The lowest BCUT2D eigenvalue weighted by Gasteiger charge is -2.09. The fraction of sp³-hybridized carbons (Fsp3) is 0. The van der Waals surface area contributed by atoms with Crippen LogP contribution in [0.1, 0.15) is 0 Å². The summed E-state index contributed by atoms with van der Waals surface area (Å²) < 4.78 is 1.34. The summed E-state index contributed by atoms with van der Waals surface area (Å²) >= 11 is 2.47. The lowest BCUT2D eigenvalue weighted by molar-refractivity contribution is 1.75. The molecule has 0 saturated heterocycles. The van der Waals surface area contributed by atoms with Gasteiger partial charge in [0.15, 0.2) is 0 Å². The first-order valence-electron chi connectivity index (χ1n) is 6.33. The van der Waals surface area contributed by atoms with Gasteiger partial charge in [-0.2, -0.15) is 0 Å².